The third-order valence-electron chi connectivity index (χ3n) is 5.15. The minimum absolute atomic E-state index is 1.26. The second-order valence-corrected chi connectivity index (χ2v) is 10.2. The van der Waals surface area contributed by atoms with Crippen LogP contribution in [0.5, 0.6) is 0 Å². The molecule has 0 aliphatic heterocycles. The lowest BCUT2D eigenvalue weighted by Gasteiger charge is -2.07. The number of hydrogen-bond donors (Lipinski definition) is 0. The standard InChI is InChI=1S/C24H32S3/c1-3-5-7-9-12-19-18-26-24(20(19)13-10-8-6-4-2)23-16-15-22(27-23)21-14-11-17-25-21/h11,14-18H,3-10,12-13H2,1-2H3. The van der Waals surface area contributed by atoms with Crippen LogP contribution in [0.3, 0.4) is 0 Å². The highest BCUT2D eigenvalue weighted by molar-refractivity contribution is 7.25. The molecule has 3 aromatic rings. The molecule has 146 valence electrons. The van der Waals surface area contributed by atoms with Crippen molar-refractivity contribution in [3.05, 3.63) is 46.2 Å². The summed E-state index contributed by atoms with van der Waals surface area (Å²) < 4.78 is 0. The van der Waals surface area contributed by atoms with Crippen LogP contribution in [0.25, 0.3) is 19.5 Å². The van der Waals surface area contributed by atoms with Crippen molar-refractivity contribution in [1.82, 2.24) is 0 Å². The van der Waals surface area contributed by atoms with Gasteiger partial charge in [-0.15, -0.1) is 34.0 Å². The predicted molar refractivity (Wildman–Crippen MR) is 127 cm³/mol. The van der Waals surface area contributed by atoms with Gasteiger partial charge in [-0.05, 0) is 65.8 Å². The Kier molecular flexibility index (Phi) is 8.63. The van der Waals surface area contributed by atoms with E-state index < -0.39 is 0 Å². The fourth-order valence-electron chi connectivity index (χ4n) is 3.59. The monoisotopic (exact) mass is 416 g/mol. The van der Waals surface area contributed by atoms with E-state index in [9.17, 15) is 0 Å². The highest BCUT2D eigenvalue weighted by Crippen LogP contribution is 2.42. The first-order valence-corrected chi connectivity index (χ1v) is 13.1. The summed E-state index contributed by atoms with van der Waals surface area (Å²) in [4.78, 5) is 5.82. The Labute approximate surface area is 177 Å². The molecule has 0 saturated heterocycles. The van der Waals surface area contributed by atoms with Crippen LogP contribution in [0.1, 0.15) is 76.3 Å². The van der Waals surface area contributed by atoms with Gasteiger partial charge in [-0.2, -0.15) is 0 Å². The molecule has 0 aliphatic rings. The van der Waals surface area contributed by atoms with Gasteiger partial charge >= 0.3 is 0 Å². The lowest BCUT2D eigenvalue weighted by atomic mass is 9.98. The maximum atomic E-state index is 2.46. The summed E-state index contributed by atoms with van der Waals surface area (Å²) in [7, 11) is 0. The van der Waals surface area contributed by atoms with Gasteiger partial charge in [0.25, 0.3) is 0 Å². The van der Waals surface area contributed by atoms with Gasteiger partial charge in [0.05, 0.1) is 0 Å². The van der Waals surface area contributed by atoms with Crippen molar-refractivity contribution in [1.29, 1.82) is 0 Å². The average Bonchev–Trinajstić information content (AvgIpc) is 3.42. The Hall–Kier alpha value is -0.900. The minimum atomic E-state index is 1.26. The van der Waals surface area contributed by atoms with Crippen LogP contribution in [-0.4, -0.2) is 0 Å². The first-order valence-electron chi connectivity index (χ1n) is 10.6. The van der Waals surface area contributed by atoms with Crippen molar-refractivity contribution < 1.29 is 0 Å². The quantitative estimate of drug-likeness (QED) is 0.258. The van der Waals surface area contributed by atoms with E-state index in [0.717, 1.165) is 0 Å². The van der Waals surface area contributed by atoms with Crippen LogP contribution in [0.15, 0.2) is 35.0 Å². The lowest BCUT2D eigenvalue weighted by Crippen LogP contribution is -1.93. The van der Waals surface area contributed by atoms with Gasteiger partial charge < -0.3 is 0 Å². The Morgan fingerprint density at radius 1 is 0.704 bits per heavy atom. The number of thiophene rings is 3. The van der Waals surface area contributed by atoms with Crippen molar-refractivity contribution in [3.8, 4) is 19.5 Å². The largest absolute Gasteiger partial charge is 0.143 e. The van der Waals surface area contributed by atoms with E-state index in [2.05, 4.69) is 48.9 Å². The molecule has 0 bridgehead atoms. The van der Waals surface area contributed by atoms with Gasteiger partial charge in [-0.1, -0.05) is 58.4 Å². The van der Waals surface area contributed by atoms with Crippen LogP contribution in [0.2, 0.25) is 0 Å². The van der Waals surface area contributed by atoms with E-state index in [1.165, 1.54) is 78.8 Å². The number of aryl methyl sites for hydroxylation is 1. The summed E-state index contributed by atoms with van der Waals surface area (Å²) in [6.07, 6.45) is 13.3. The summed E-state index contributed by atoms with van der Waals surface area (Å²) in [5.41, 5.74) is 3.29. The van der Waals surface area contributed by atoms with Gasteiger partial charge in [0.2, 0.25) is 0 Å². The minimum Gasteiger partial charge on any atom is -0.143 e. The Morgan fingerprint density at radius 3 is 2.15 bits per heavy atom. The summed E-state index contributed by atoms with van der Waals surface area (Å²) in [6.45, 7) is 4.59. The highest BCUT2D eigenvalue weighted by Gasteiger charge is 2.15. The fraction of sp³-hybridized carbons (Fsp3) is 0.500. The molecule has 0 fully saturated rings. The van der Waals surface area contributed by atoms with Gasteiger partial charge in [0.1, 0.15) is 0 Å². The Balaban J connectivity index is 1.77. The zero-order chi connectivity index (χ0) is 18.9. The fourth-order valence-corrected chi connectivity index (χ4v) is 6.75. The van der Waals surface area contributed by atoms with E-state index in [0.29, 0.717) is 0 Å². The topological polar surface area (TPSA) is 0 Å². The molecule has 0 radical (unpaired) electrons. The molecular weight excluding hydrogens is 384 g/mol. The van der Waals surface area contributed by atoms with Crippen LogP contribution in [0.4, 0.5) is 0 Å². The average molecular weight is 417 g/mol. The molecule has 0 unspecified atom stereocenters. The molecule has 3 aromatic heterocycles. The maximum Gasteiger partial charge on any atom is 0.0477 e. The second kappa shape index (κ2) is 11.2. The van der Waals surface area contributed by atoms with Crippen LogP contribution >= 0.6 is 34.0 Å². The number of rotatable bonds is 12. The summed E-state index contributed by atoms with van der Waals surface area (Å²) in [5.74, 6) is 0. The molecule has 0 spiro atoms. The van der Waals surface area contributed by atoms with Gasteiger partial charge in [0, 0.05) is 19.5 Å². The third-order valence-corrected chi connectivity index (χ3v) is 8.56. The number of hydrogen-bond acceptors (Lipinski definition) is 3. The van der Waals surface area contributed by atoms with Crippen LogP contribution < -0.4 is 0 Å². The first-order chi connectivity index (χ1) is 13.3. The van der Waals surface area contributed by atoms with Crippen molar-refractivity contribution >= 4 is 34.0 Å². The van der Waals surface area contributed by atoms with E-state index in [1.54, 1.807) is 16.0 Å². The molecule has 0 atom stereocenters. The Morgan fingerprint density at radius 2 is 1.44 bits per heavy atom. The zero-order valence-corrected chi connectivity index (χ0v) is 19.2. The third kappa shape index (κ3) is 5.79. The molecular formula is C24H32S3. The zero-order valence-electron chi connectivity index (χ0n) is 16.8. The van der Waals surface area contributed by atoms with Gasteiger partial charge in [-0.3, -0.25) is 0 Å². The van der Waals surface area contributed by atoms with Crippen molar-refractivity contribution in [2.75, 3.05) is 0 Å². The smallest absolute Gasteiger partial charge is 0.0477 e. The molecule has 0 saturated carbocycles. The maximum absolute atomic E-state index is 2.46. The second-order valence-electron chi connectivity index (χ2n) is 7.33. The van der Waals surface area contributed by atoms with E-state index in [4.69, 9.17) is 0 Å². The highest BCUT2D eigenvalue weighted by atomic mass is 32.1. The summed E-state index contributed by atoms with van der Waals surface area (Å²) in [6, 6.07) is 9.05. The molecule has 0 aliphatic carbocycles. The van der Waals surface area contributed by atoms with Crippen LogP contribution in [0, 0.1) is 0 Å². The van der Waals surface area contributed by atoms with Crippen LogP contribution in [-0.2, 0) is 12.8 Å². The van der Waals surface area contributed by atoms with E-state index >= 15 is 0 Å². The molecule has 0 aromatic carbocycles. The molecule has 0 amide bonds. The van der Waals surface area contributed by atoms with Gasteiger partial charge in [-0.25, -0.2) is 0 Å². The predicted octanol–water partition coefficient (Wildman–Crippen LogP) is 9.45. The van der Waals surface area contributed by atoms with E-state index in [1.807, 2.05) is 34.0 Å². The van der Waals surface area contributed by atoms with Crippen molar-refractivity contribution in [2.45, 2.75) is 78.1 Å². The summed E-state index contributed by atoms with van der Waals surface area (Å²) >= 11 is 5.79. The molecule has 0 nitrogen and oxygen atoms in total. The van der Waals surface area contributed by atoms with Crippen molar-refractivity contribution in [3.63, 3.8) is 0 Å². The normalized spacial score (nSPS) is 11.3. The Bertz CT molecular complexity index is 777. The molecule has 27 heavy (non-hydrogen) atoms. The molecule has 3 heteroatoms. The van der Waals surface area contributed by atoms with Gasteiger partial charge in [0.15, 0.2) is 0 Å². The van der Waals surface area contributed by atoms with E-state index in [-0.39, 0.29) is 0 Å². The number of unbranched alkanes of at least 4 members (excludes halogenated alkanes) is 6. The molecule has 3 rings (SSSR count). The van der Waals surface area contributed by atoms with Crippen molar-refractivity contribution in [2.24, 2.45) is 0 Å². The lowest BCUT2D eigenvalue weighted by molar-refractivity contribution is 0.652. The molecule has 0 N–H and O–H groups in total. The molecule has 3 heterocycles. The summed E-state index contributed by atoms with van der Waals surface area (Å²) in [5, 5.41) is 4.63. The SMILES string of the molecule is CCCCCCc1csc(-c2ccc(-c3cccs3)s2)c1CCCCCC. The first kappa shape index (κ1) is 20.8.